The number of hydrogen-bond acceptors (Lipinski definition) is 4. The lowest BCUT2D eigenvalue weighted by Gasteiger charge is -2.16. The van der Waals surface area contributed by atoms with E-state index in [0.29, 0.717) is 19.6 Å². The molecule has 2 heterocycles. The number of amides is 2. The SMILES string of the molecule is O=C(NCc1nc2ccccc2s1)C1CC(=O)N(Cc2ccccc2)C1. The second kappa shape index (κ2) is 7.25. The predicted molar refractivity (Wildman–Crippen MR) is 101 cm³/mol. The molecule has 3 aromatic rings. The van der Waals surface area contributed by atoms with Gasteiger partial charge in [-0.25, -0.2) is 4.98 Å². The van der Waals surface area contributed by atoms with Crippen LogP contribution in [0.25, 0.3) is 10.2 Å². The second-order valence-electron chi connectivity index (χ2n) is 6.45. The molecule has 1 aliphatic rings. The number of thiazole rings is 1. The number of nitrogens with one attached hydrogen (secondary N) is 1. The van der Waals surface area contributed by atoms with Gasteiger partial charge in [-0.3, -0.25) is 9.59 Å². The highest BCUT2D eigenvalue weighted by Gasteiger charge is 2.34. The monoisotopic (exact) mass is 365 g/mol. The van der Waals surface area contributed by atoms with E-state index in [9.17, 15) is 9.59 Å². The molecule has 132 valence electrons. The lowest BCUT2D eigenvalue weighted by molar-refractivity contribution is -0.129. The fraction of sp³-hybridized carbons (Fsp3) is 0.250. The van der Waals surface area contributed by atoms with Crippen LogP contribution in [0.2, 0.25) is 0 Å². The minimum Gasteiger partial charge on any atom is -0.349 e. The van der Waals surface area contributed by atoms with Crippen LogP contribution >= 0.6 is 11.3 Å². The van der Waals surface area contributed by atoms with E-state index < -0.39 is 0 Å². The van der Waals surface area contributed by atoms with Crippen LogP contribution in [0.1, 0.15) is 17.0 Å². The average molecular weight is 365 g/mol. The third-order valence-electron chi connectivity index (χ3n) is 4.55. The van der Waals surface area contributed by atoms with Gasteiger partial charge in [0.2, 0.25) is 11.8 Å². The summed E-state index contributed by atoms with van der Waals surface area (Å²) in [7, 11) is 0. The van der Waals surface area contributed by atoms with Crippen molar-refractivity contribution in [2.24, 2.45) is 5.92 Å². The maximum absolute atomic E-state index is 12.5. The number of fused-ring (bicyclic) bond motifs is 1. The van der Waals surface area contributed by atoms with Crippen molar-refractivity contribution in [3.05, 3.63) is 65.2 Å². The van der Waals surface area contributed by atoms with Crippen LogP contribution in [-0.2, 0) is 22.7 Å². The Bertz CT molecular complexity index is 905. The Kier molecular flexibility index (Phi) is 4.67. The Morgan fingerprint density at radius 3 is 2.73 bits per heavy atom. The number of para-hydroxylation sites is 1. The van der Waals surface area contributed by atoms with Crippen LogP contribution in [0.4, 0.5) is 0 Å². The number of rotatable bonds is 5. The van der Waals surface area contributed by atoms with E-state index in [1.807, 2.05) is 54.6 Å². The largest absolute Gasteiger partial charge is 0.349 e. The van der Waals surface area contributed by atoms with Crippen molar-refractivity contribution in [1.82, 2.24) is 15.2 Å². The zero-order valence-corrected chi connectivity index (χ0v) is 15.0. The molecule has 1 fully saturated rings. The normalized spacial score (nSPS) is 17.0. The molecular formula is C20H19N3O2S. The van der Waals surface area contributed by atoms with Crippen molar-refractivity contribution < 1.29 is 9.59 Å². The summed E-state index contributed by atoms with van der Waals surface area (Å²) in [4.78, 5) is 31.0. The molecule has 1 saturated heterocycles. The second-order valence-corrected chi connectivity index (χ2v) is 7.57. The van der Waals surface area contributed by atoms with Gasteiger partial charge in [0.05, 0.1) is 22.7 Å². The fourth-order valence-corrected chi connectivity index (χ4v) is 4.11. The molecule has 0 spiro atoms. The fourth-order valence-electron chi connectivity index (χ4n) is 3.21. The average Bonchev–Trinajstić information content (AvgIpc) is 3.24. The number of carbonyl (C=O) groups excluding carboxylic acids is 2. The molecule has 0 aliphatic carbocycles. The van der Waals surface area contributed by atoms with Gasteiger partial charge in [-0.1, -0.05) is 42.5 Å². The number of hydrogen-bond donors (Lipinski definition) is 1. The van der Waals surface area contributed by atoms with Crippen LogP contribution < -0.4 is 5.32 Å². The van der Waals surface area contributed by atoms with Crippen LogP contribution in [0.15, 0.2) is 54.6 Å². The first kappa shape index (κ1) is 16.7. The zero-order chi connectivity index (χ0) is 17.9. The molecule has 6 heteroatoms. The Labute approximate surface area is 155 Å². The standard InChI is InChI=1S/C20H19N3O2S/c24-19-10-15(13-23(19)12-14-6-2-1-3-7-14)20(25)21-11-18-22-16-8-4-5-9-17(16)26-18/h1-9,15H,10-13H2,(H,21,25). The molecule has 0 saturated carbocycles. The summed E-state index contributed by atoms with van der Waals surface area (Å²) in [5, 5.41) is 3.82. The van der Waals surface area contributed by atoms with Crippen molar-refractivity contribution >= 4 is 33.4 Å². The first-order chi connectivity index (χ1) is 12.7. The molecule has 1 N–H and O–H groups in total. The van der Waals surface area contributed by atoms with Crippen molar-refractivity contribution in [3.63, 3.8) is 0 Å². The minimum atomic E-state index is -0.291. The molecule has 1 unspecified atom stereocenters. The van der Waals surface area contributed by atoms with Crippen LogP contribution in [0.3, 0.4) is 0 Å². The van der Waals surface area contributed by atoms with Gasteiger partial charge in [0.1, 0.15) is 5.01 Å². The van der Waals surface area contributed by atoms with E-state index in [-0.39, 0.29) is 24.2 Å². The van der Waals surface area contributed by atoms with Gasteiger partial charge in [-0.15, -0.1) is 11.3 Å². The Hall–Kier alpha value is -2.73. The van der Waals surface area contributed by atoms with E-state index in [0.717, 1.165) is 20.8 Å². The molecule has 0 radical (unpaired) electrons. The van der Waals surface area contributed by atoms with Crippen molar-refractivity contribution in [2.75, 3.05) is 6.54 Å². The topological polar surface area (TPSA) is 62.3 Å². The van der Waals surface area contributed by atoms with Gasteiger partial charge in [-0.05, 0) is 17.7 Å². The molecule has 1 aromatic heterocycles. The van der Waals surface area contributed by atoms with Crippen LogP contribution in [-0.4, -0.2) is 28.2 Å². The molecule has 0 bridgehead atoms. The third kappa shape index (κ3) is 3.60. The van der Waals surface area contributed by atoms with Gasteiger partial charge < -0.3 is 10.2 Å². The molecule has 26 heavy (non-hydrogen) atoms. The third-order valence-corrected chi connectivity index (χ3v) is 5.59. The number of nitrogens with zero attached hydrogens (tertiary/aromatic N) is 2. The van der Waals surface area contributed by atoms with E-state index in [1.165, 1.54) is 0 Å². The van der Waals surface area contributed by atoms with Gasteiger partial charge in [0.25, 0.3) is 0 Å². The molecule has 2 aromatic carbocycles. The summed E-state index contributed by atoms with van der Waals surface area (Å²) in [5.74, 6) is -0.331. The Balaban J connectivity index is 1.34. The minimum absolute atomic E-state index is 0.0361. The summed E-state index contributed by atoms with van der Waals surface area (Å²) >= 11 is 1.58. The van der Waals surface area contributed by atoms with E-state index in [4.69, 9.17) is 0 Å². The summed E-state index contributed by atoms with van der Waals surface area (Å²) in [5.41, 5.74) is 2.03. The molecule has 1 atom stereocenters. The summed E-state index contributed by atoms with van der Waals surface area (Å²) in [6.07, 6.45) is 0.276. The van der Waals surface area contributed by atoms with Gasteiger partial charge in [0, 0.05) is 19.5 Å². The smallest absolute Gasteiger partial charge is 0.225 e. The number of carbonyl (C=O) groups is 2. The summed E-state index contributed by atoms with van der Waals surface area (Å²) in [6, 6.07) is 17.8. The molecule has 4 rings (SSSR count). The number of benzene rings is 2. The van der Waals surface area contributed by atoms with E-state index >= 15 is 0 Å². The first-order valence-corrected chi connectivity index (χ1v) is 9.44. The molecule has 2 amide bonds. The van der Waals surface area contributed by atoms with Gasteiger partial charge in [-0.2, -0.15) is 0 Å². The quantitative estimate of drug-likeness (QED) is 0.756. The Morgan fingerprint density at radius 2 is 1.92 bits per heavy atom. The molecule has 1 aliphatic heterocycles. The number of likely N-dealkylation sites (tertiary alicyclic amines) is 1. The van der Waals surface area contributed by atoms with E-state index in [2.05, 4.69) is 10.3 Å². The molecule has 5 nitrogen and oxygen atoms in total. The predicted octanol–water partition coefficient (Wildman–Crippen LogP) is 2.96. The van der Waals surface area contributed by atoms with Crippen molar-refractivity contribution in [3.8, 4) is 0 Å². The zero-order valence-electron chi connectivity index (χ0n) is 14.2. The summed E-state index contributed by atoms with van der Waals surface area (Å²) in [6.45, 7) is 1.43. The maximum atomic E-state index is 12.5. The Morgan fingerprint density at radius 1 is 1.15 bits per heavy atom. The number of aromatic nitrogens is 1. The van der Waals surface area contributed by atoms with Crippen LogP contribution in [0, 0.1) is 5.92 Å². The summed E-state index contributed by atoms with van der Waals surface area (Å²) < 4.78 is 1.11. The first-order valence-electron chi connectivity index (χ1n) is 8.63. The maximum Gasteiger partial charge on any atom is 0.225 e. The van der Waals surface area contributed by atoms with Gasteiger partial charge in [0.15, 0.2) is 0 Å². The highest BCUT2D eigenvalue weighted by molar-refractivity contribution is 7.18. The van der Waals surface area contributed by atoms with E-state index in [1.54, 1.807) is 16.2 Å². The van der Waals surface area contributed by atoms with Gasteiger partial charge >= 0.3 is 0 Å². The van der Waals surface area contributed by atoms with Crippen LogP contribution in [0.5, 0.6) is 0 Å². The van der Waals surface area contributed by atoms with Crippen molar-refractivity contribution in [2.45, 2.75) is 19.5 Å². The molecular weight excluding hydrogens is 346 g/mol. The lowest BCUT2D eigenvalue weighted by Crippen LogP contribution is -2.32. The highest BCUT2D eigenvalue weighted by atomic mass is 32.1. The van der Waals surface area contributed by atoms with Crippen molar-refractivity contribution in [1.29, 1.82) is 0 Å². The lowest BCUT2D eigenvalue weighted by atomic mass is 10.1. The highest BCUT2D eigenvalue weighted by Crippen LogP contribution is 2.23.